The Labute approximate surface area is 427 Å². The fourth-order valence-corrected chi connectivity index (χ4v) is 27.5. The Morgan fingerprint density at radius 2 is 0.912 bits per heavy atom. The van der Waals surface area contributed by atoms with Crippen molar-refractivity contribution in [2.45, 2.75) is 65.2 Å². The molecule has 2 aliphatic rings. The summed E-state index contributed by atoms with van der Waals surface area (Å²) in [6.45, 7) is 14.2. The molecule has 0 fully saturated rings. The fraction of sp³-hybridized carbons (Fsp3) is 0.159. The molecule has 0 heterocycles. The van der Waals surface area contributed by atoms with Gasteiger partial charge in [-0.3, -0.25) is 0 Å². The van der Waals surface area contributed by atoms with Gasteiger partial charge in [0.2, 0.25) is 0 Å². The van der Waals surface area contributed by atoms with E-state index in [0.29, 0.717) is 0 Å². The fourth-order valence-electron chi connectivity index (χ4n) is 11.2. The second kappa shape index (κ2) is 18.8. The third-order valence-corrected chi connectivity index (χ3v) is 31.4. The third kappa shape index (κ3) is 8.42. The van der Waals surface area contributed by atoms with Gasteiger partial charge in [0.15, 0.2) is 0 Å². The van der Waals surface area contributed by atoms with Crippen LogP contribution in [0.2, 0.25) is 10.0 Å². The molecule has 8 aromatic carbocycles. The van der Waals surface area contributed by atoms with Crippen LogP contribution in [-0.2, 0) is 35.5 Å². The maximum absolute atomic E-state index is 6.41. The number of halogens is 4. The zero-order chi connectivity index (χ0) is 46.0. The Morgan fingerprint density at radius 3 is 1.35 bits per heavy atom. The van der Waals surface area contributed by atoms with Gasteiger partial charge in [-0.05, 0) is 0 Å². The molecule has 0 spiro atoms. The summed E-state index contributed by atoms with van der Waals surface area (Å²) in [5.74, 6) is 0. The zero-order valence-electron chi connectivity index (χ0n) is 39.7. The first-order valence-electron chi connectivity index (χ1n) is 23.2. The molecule has 0 atom stereocenters. The minimum absolute atomic E-state index is 0. The van der Waals surface area contributed by atoms with Gasteiger partial charge in [0.25, 0.3) is 0 Å². The molecule has 0 radical (unpaired) electrons. The molecular weight excluding hydrogens is 990 g/mol. The molecule has 2 aliphatic carbocycles. The Kier molecular flexibility index (Phi) is 13.7. The first kappa shape index (κ1) is 49.6. The molecule has 68 heavy (non-hydrogen) atoms. The number of rotatable bonds is 8. The van der Waals surface area contributed by atoms with Gasteiger partial charge in [-0.25, -0.2) is 0 Å². The number of fused-ring (bicyclic) bond motifs is 3. The van der Waals surface area contributed by atoms with E-state index in [-0.39, 0.29) is 35.6 Å². The van der Waals surface area contributed by atoms with Gasteiger partial charge in [-0.15, -0.1) is 24.8 Å². The van der Waals surface area contributed by atoms with Crippen molar-refractivity contribution < 1.29 is 18.3 Å². The average Bonchev–Trinajstić information content (AvgIpc) is 4.01. The van der Waals surface area contributed by atoms with E-state index >= 15 is 0 Å². The Balaban J connectivity index is 0.00000312. The standard InChI is InChI=1S/C33H33.2C12H8Cl.C5H5.CH2.2ClH.Zr/c1-32(2,3)30-20-26-24(18-28(30)22-13-9-7-10-14-22)17-25-19-29(23-15-11-8-12-16-23)31(21-27(25)26)33(4,5)6;2*13-12-8-6-11(7-9-12)10-4-2-1-3-5-10;1-2-4-5-3-1;;;;/h7-16,18,20-21H,17H2,1-6H3;2*2-9H;1-3H,4H2;1H2;2*1H;. The number of benzene rings is 8. The third-order valence-electron chi connectivity index (χ3n) is 14.5. The molecule has 8 aromatic rings. The predicted molar refractivity (Wildman–Crippen MR) is 299 cm³/mol. The molecule has 0 aliphatic heterocycles. The molecule has 0 nitrogen and oxygen atoms in total. The van der Waals surface area contributed by atoms with Crippen LogP contribution < -0.4 is 9.81 Å². The van der Waals surface area contributed by atoms with E-state index in [1.54, 1.807) is 0 Å². The maximum atomic E-state index is 6.41. The van der Waals surface area contributed by atoms with Crippen LogP contribution >= 0.6 is 48.0 Å². The SMILES string of the molecule is Cl.Cl.[CH2]=[Zr]([C]1=CC=CC1)([c]1ccc(-c2ccc(Cl)cc2)cc1)([c]1ccc(-c2ccc(Cl)cc2)cc1)[c]1c2c(cc(C(C)(C)C)c1-c1ccccc1)-c1cc(C(C)(C)C)c(-c3ccccc3)cc1C2. The Hall–Kier alpha value is -4.85. The molecular formula is C63H58Cl4Zr. The van der Waals surface area contributed by atoms with Crippen molar-refractivity contribution in [1.82, 2.24) is 0 Å². The predicted octanol–water partition coefficient (Wildman–Crippen LogP) is 16.9. The van der Waals surface area contributed by atoms with Gasteiger partial charge in [-0.1, -0.05) is 0 Å². The van der Waals surface area contributed by atoms with Gasteiger partial charge >= 0.3 is 406 Å². The molecule has 342 valence electrons. The van der Waals surface area contributed by atoms with Gasteiger partial charge in [-0.2, -0.15) is 0 Å². The van der Waals surface area contributed by atoms with Crippen molar-refractivity contribution in [3.05, 3.63) is 230 Å². The topological polar surface area (TPSA) is 0 Å². The summed E-state index contributed by atoms with van der Waals surface area (Å²) in [5.41, 5.74) is 17.6. The van der Waals surface area contributed by atoms with E-state index in [1.165, 1.54) is 68.7 Å². The molecule has 0 amide bonds. The molecule has 0 saturated carbocycles. The van der Waals surface area contributed by atoms with E-state index in [2.05, 4.69) is 211 Å². The molecule has 5 heteroatoms. The van der Waals surface area contributed by atoms with Crippen molar-refractivity contribution in [2.24, 2.45) is 0 Å². The molecule has 0 N–H and O–H groups in total. The number of allylic oxidation sites excluding steroid dienone is 4. The van der Waals surface area contributed by atoms with Crippen LogP contribution in [-0.4, -0.2) is 4.21 Å². The van der Waals surface area contributed by atoms with Crippen LogP contribution in [0.15, 0.2) is 197 Å². The van der Waals surface area contributed by atoms with Crippen LogP contribution in [0.5, 0.6) is 0 Å². The van der Waals surface area contributed by atoms with Crippen molar-refractivity contribution >= 4 is 62.0 Å². The summed E-state index contributed by atoms with van der Waals surface area (Å²) in [4.78, 5) is 0. The average molecular weight is 1050 g/mol. The van der Waals surface area contributed by atoms with Crippen molar-refractivity contribution in [2.75, 3.05) is 0 Å². The molecule has 0 unspecified atom stereocenters. The Morgan fingerprint density at radius 1 is 0.471 bits per heavy atom. The number of hydrogen-bond donors (Lipinski definition) is 0. The summed E-state index contributed by atoms with van der Waals surface area (Å²) in [5, 5.41) is 1.47. The van der Waals surface area contributed by atoms with E-state index in [9.17, 15) is 0 Å². The second-order valence-corrected chi connectivity index (χ2v) is 34.3. The normalized spacial score (nSPS) is 13.3. The first-order chi connectivity index (χ1) is 31.6. The molecule has 10 rings (SSSR count). The number of hydrogen-bond acceptors (Lipinski definition) is 0. The summed E-state index contributed by atoms with van der Waals surface area (Å²) >= 11 is 7.36. The van der Waals surface area contributed by atoms with Crippen LogP contribution in [0, 0.1) is 0 Å². The van der Waals surface area contributed by atoms with Crippen molar-refractivity contribution in [1.29, 1.82) is 0 Å². The summed E-state index contributed by atoms with van der Waals surface area (Å²) in [6, 6.07) is 65.3. The van der Waals surface area contributed by atoms with Crippen molar-refractivity contribution in [3.8, 4) is 55.6 Å². The molecule has 0 aromatic heterocycles. The van der Waals surface area contributed by atoms with Gasteiger partial charge in [0.1, 0.15) is 0 Å². The minimum atomic E-state index is -5.46. The van der Waals surface area contributed by atoms with Gasteiger partial charge < -0.3 is 0 Å². The van der Waals surface area contributed by atoms with Gasteiger partial charge in [0, 0.05) is 0 Å². The van der Waals surface area contributed by atoms with E-state index in [0.717, 1.165) is 45.1 Å². The Bertz CT molecular complexity index is 3180. The summed E-state index contributed by atoms with van der Waals surface area (Å²) < 4.78 is 11.6. The zero-order valence-corrected chi connectivity index (χ0v) is 45.3. The van der Waals surface area contributed by atoms with Crippen LogP contribution in [0.25, 0.3) is 55.6 Å². The first-order valence-corrected chi connectivity index (χ1v) is 30.7. The monoisotopic (exact) mass is 1040 g/mol. The quantitative estimate of drug-likeness (QED) is 0.142. The van der Waals surface area contributed by atoms with E-state index in [1.807, 2.05) is 24.3 Å². The van der Waals surface area contributed by atoms with Gasteiger partial charge in [0.05, 0.1) is 0 Å². The summed E-state index contributed by atoms with van der Waals surface area (Å²) in [6.07, 6.45) is 8.74. The molecule has 0 saturated heterocycles. The van der Waals surface area contributed by atoms with Crippen LogP contribution in [0.4, 0.5) is 0 Å². The van der Waals surface area contributed by atoms with E-state index < -0.39 is 18.3 Å². The summed E-state index contributed by atoms with van der Waals surface area (Å²) in [7, 11) is 0. The second-order valence-electron chi connectivity index (χ2n) is 20.6. The van der Waals surface area contributed by atoms with Crippen LogP contribution in [0.3, 0.4) is 0 Å². The molecule has 0 bridgehead atoms. The van der Waals surface area contributed by atoms with Crippen LogP contribution in [0.1, 0.15) is 70.2 Å². The van der Waals surface area contributed by atoms with Crippen molar-refractivity contribution in [3.63, 3.8) is 0 Å². The van der Waals surface area contributed by atoms with E-state index in [4.69, 9.17) is 27.4 Å².